The fourth-order valence-electron chi connectivity index (χ4n) is 3.01. The first-order valence-corrected chi connectivity index (χ1v) is 9.17. The molecular weight excluding hydrogens is 366 g/mol. The third kappa shape index (κ3) is 4.95. The second-order valence-corrected chi connectivity index (χ2v) is 6.93. The quantitative estimate of drug-likeness (QED) is 0.814. The molecule has 2 aromatic heterocycles. The van der Waals surface area contributed by atoms with Gasteiger partial charge in [-0.25, -0.2) is 9.97 Å². The van der Waals surface area contributed by atoms with E-state index in [9.17, 15) is 9.59 Å². The van der Waals surface area contributed by atoms with Crippen LogP contribution in [0.3, 0.4) is 0 Å². The zero-order valence-electron chi connectivity index (χ0n) is 15.4. The Morgan fingerprint density at radius 2 is 1.89 bits per heavy atom. The monoisotopic (exact) mass is 387 g/mol. The molecule has 142 valence electrons. The van der Waals surface area contributed by atoms with E-state index in [-0.39, 0.29) is 18.2 Å². The summed E-state index contributed by atoms with van der Waals surface area (Å²) in [5.74, 6) is 0.454. The standard InChI is InChI=1S/C19H22ClN5O2/c1-13-9-15(11-22-19(13)20)10-18(27)23-17-4-3-16(12-21-17)25-7-5-24(6-8-25)14(2)26/h3-4,9,11-12H,5-8,10H2,1-2H3,(H,21,23,27). The van der Waals surface area contributed by atoms with Gasteiger partial charge in [0.1, 0.15) is 11.0 Å². The lowest BCUT2D eigenvalue weighted by atomic mass is 10.1. The van der Waals surface area contributed by atoms with Crippen molar-refractivity contribution in [1.29, 1.82) is 0 Å². The molecule has 0 bridgehead atoms. The van der Waals surface area contributed by atoms with Gasteiger partial charge in [-0.1, -0.05) is 17.7 Å². The summed E-state index contributed by atoms with van der Waals surface area (Å²) in [5.41, 5.74) is 2.62. The van der Waals surface area contributed by atoms with E-state index < -0.39 is 0 Å². The lowest BCUT2D eigenvalue weighted by molar-refractivity contribution is -0.129. The van der Waals surface area contributed by atoms with E-state index in [2.05, 4.69) is 20.2 Å². The van der Waals surface area contributed by atoms with Crippen molar-refractivity contribution < 1.29 is 9.59 Å². The number of nitrogens with zero attached hydrogens (tertiary/aromatic N) is 4. The first kappa shape index (κ1) is 19.1. The van der Waals surface area contributed by atoms with Crippen molar-refractivity contribution in [2.45, 2.75) is 20.3 Å². The summed E-state index contributed by atoms with van der Waals surface area (Å²) < 4.78 is 0. The van der Waals surface area contributed by atoms with Crippen LogP contribution in [0.1, 0.15) is 18.1 Å². The molecule has 3 rings (SSSR count). The normalized spacial score (nSPS) is 14.2. The maximum atomic E-state index is 12.2. The van der Waals surface area contributed by atoms with Crippen molar-refractivity contribution in [3.8, 4) is 0 Å². The molecule has 7 nitrogen and oxygen atoms in total. The number of amides is 2. The number of hydrogen-bond donors (Lipinski definition) is 1. The predicted molar refractivity (Wildman–Crippen MR) is 105 cm³/mol. The number of rotatable bonds is 4. The molecule has 0 unspecified atom stereocenters. The van der Waals surface area contributed by atoms with Crippen molar-refractivity contribution in [3.63, 3.8) is 0 Å². The zero-order valence-corrected chi connectivity index (χ0v) is 16.2. The summed E-state index contributed by atoms with van der Waals surface area (Å²) in [7, 11) is 0. The molecule has 0 aromatic carbocycles. The fraction of sp³-hybridized carbons (Fsp3) is 0.368. The van der Waals surface area contributed by atoms with Gasteiger partial charge in [-0.15, -0.1) is 0 Å². The van der Waals surface area contributed by atoms with Gasteiger partial charge in [0.15, 0.2) is 0 Å². The van der Waals surface area contributed by atoms with Crippen molar-refractivity contribution in [2.24, 2.45) is 0 Å². The highest BCUT2D eigenvalue weighted by molar-refractivity contribution is 6.30. The van der Waals surface area contributed by atoms with Crippen LogP contribution in [0.4, 0.5) is 11.5 Å². The Kier molecular flexibility index (Phi) is 5.91. The first-order chi connectivity index (χ1) is 12.9. The van der Waals surface area contributed by atoms with Gasteiger partial charge in [-0.05, 0) is 30.2 Å². The molecule has 0 atom stereocenters. The molecule has 3 heterocycles. The molecule has 1 saturated heterocycles. The van der Waals surface area contributed by atoms with E-state index in [0.29, 0.717) is 24.1 Å². The molecule has 1 aliphatic rings. The van der Waals surface area contributed by atoms with Crippen molar-refractivity contribution in [3.05, 3.63) is 46.9 Å². The largest absolute Gasteiger partial charge is 0.367 e. The highest BCUT2D eigenvalue weighted by Gasteiger charge is 2.19. The Hall–Kier alpha value is -2.67. The van der Waals surface area contributed by atoms with E-state index >= 15 is 0 Å². The Labute approximate surface area is 163 Å². The smallest absolute Gasteiger partial charge is 0.230 e. The van der Waals surface area contributed by atoms with Crippen LogP contribution in [0.2, 0.25) is 5.15 Å². The minimum Gasteiger partial charge on any atom is -0.367 e. The van der Waals surface area contributed by atoms with Gasteiger partial charge in [0.2, 0.25) is 11.8 Å². The summed E-state index contributed by atoms with van der Waals surface area (Å²) in [5, 5.41) is 3.24. The summed E-state index contributed by atoms with van der Waals surface area (Å²) in [6, 6.07) is 5.57. The van der Waals surface area contributed by atoms with Crippen LogP contribution in [-0.4, -0.2) is 52.9 Å². The molecule has 0 spiro atoms. The maximum absolute atomic E-state index is 12.2. The topological polar surface area (TPSA) is 78.4 Å². The maximum Gasteiger partial charge on any atom is 0.230 e. The summed E-state index contributed by atoms with van der Waals surface area (Å²) in [6.07, 6.45) is 3.56. The molecular formula is C19H22ClN5O2. The van der Waals surface area contributed by atoms with Crippen LogP contribution in [0.5, 0.6) is 0 Å². The molecule has 1 N–H and O–H groups in total. The SMILES string of the molecule is CC(=O)N1CCN(c2ccc(NC(=O)Cc3cnc(Cl)c(C)c3)nc2)CC1. The number of anilines is 2. The van der Waals surface area contributed by atoms with E-state index in [0.717, 1.165) is 29.9 Å². The Morgan fingerprint density at radius 3 is 2.48 bits per heavy atom. The van der Waals surface area contributed by atoms with Crippen molar-refractivity contribution >= 4 is 34.9 Å². The average Bonchev–Trinajstić information content (AvgIpc) is 2.65. The number of aromatic nitrogens is 2. The van der Waals surface area contributed by atoms with Gasteiger partial charge in [0, 0.05) is 39.3 Å². The third-order valence-corrected chi connectivity index (χ3v) is 4.94. The van der Waals surface area contributed by atoms with E-state index in [4.69, 9.17) is 11.6 Å². The Morgan fingerprint density at radius 1 is 1.15 bits per heavy atom. The van der Waals surface area contributed by atoms with Gasteiger partial charge in [-0.2, -0.15) is 0 Å². The van der Waals surface area contributed by atoms with Gasteiger partial charge in [0.05, 0.1) is 18.3 Å². The molecule has 0 radical (unpaired) electrons. The second-order valence-electron chi connectivity index (χ2n) is 6.57. The van der Waals surface area contributed by atoms with Crippen LogP contribution in [-0.2, 0) is 16.0 Å². The molecule has 1 fully saturated rings. The number of hydrogen-bond acceptors (Lipinski definition) is 5. The molecule has 8 heteroatoms. The number of piperazine rings is 1. The summed E-state index contributed by atoms with van der Waals surface area (Å²) in [4.78, 5) is 36.0. The van der Waals surface area contributed by atoms with Crippen molar-refractivity contribution in [1.82, 2.24) is 14.9 Å². The second kappa shape index (κ2) is 8.35. The van der Waals surface area contributed by atoms with Gasteiger partial charge >= 0.3 is 0 Å². The zero-order chi connectivity index (χ0) is 19.4. The van der Waals surface area contributed by atoms with Gasteiger partial charge < -0.3 is 15.1 Å². The predicted octanol–water partition coefficient (Wildman–Crippen LogP) is 2.29. The number of carbonyl (C=O) groups is 2. The molecule has 0 saturated carbocycles. The van der Waals surface area contributed by atoms with Crippen LogP contribution in [0.25, 0.3) is 0 Å². The number of halogens is 1. The number of aryl methyl sites for hydroxylation is 1. The van der Waals surface area contributed by atoms with Crippen LogP contribution in [0, 0.1) is 6.92 Å². The summed E-state index contributed by atoms with van der Waals surface area (Å²) in [6.45, 7) is 6.42. The Bertz CT molecular complexity index is 832. The average molecular weight is 388 g/mol. The summed E-state index contributed by atoms with van der Waals surface area (Å²) >= 11 is 5.90. The van der Waals surface area contributed by atoms with E-state index in [1.165, 1.54) is 0 Å². The number of pyridine rings is 2. The van der Waals surface area contributed by atoms with Crippen LogP contribution >= 0.6 is 11.6 Å². The molecule has 1 aliphatic heterocycles. The lowest BCUT2D eigenvalue weighted by Gasteiger charge is -2.35. The molecule has 27 heavy (non-hydrogen) atoms. The molecule has 0 aliphatic carbocycles. The fourth-order valence-corrected chi connectivity index (χ4v) is 3.12. The van der Waals surface area contributed by atoms with E-state index in [1.54, 1.807) is 25.4 Å². The van der Waals surface area contributed by atoms with Gasteiger partial charge in [0.25, 0.3) is 0 Å². The minimum atomic E-state index is -0.158. The lowest BCUT2D eigenvalue weighted by Crippen LogP contribution is -2.48. The molecule has 2 aromatic rings. The highest BCUT2D eigenvalue weighted by atomic mass is 35.5. The van der Waals surface area contributed by atoms with Crippen molar-refractivity contribution in [2.75, 3.05) is 36.4 Å². The Balaban J connectivity index is 1.55. The highest BCUT2D eigenvalue weighted by Crippen LogP contribution is 2.18. The third-order valence-electron chi connectivity index (χ3n) is 4.54. The number of nitrogens with one attached hydrogen (secondary N) is 1. The van der Waals surface area contributed by atoms with E-state index in [1.807, 2.05) is 24.0 Å². The first-order valence-electron chi connectivity index (χ1n) is 8.80. The van der Waals surface area contributed by atoms with Gasteiger partial charge in [-0.3, -0.25) is 9.59 Å². The van der Waals surface area contributed by atoms with Crippen LogP contribution < -0.4 is 10.2 Å². The van der Waals surface area contributed by atoms with Crippen LogP contribution in [0.15, 0.2) is 30.6 Å². The minimum absolute atomic E-state index is 0.108. The number of carbonyl (C=O) groups excluding carboxylic acids is 2. The molecule has 2 amide bonds.